The third-order valence-corrected chi connectivity index (χ3v) is 5.23. The summed E-state index contributed by atoms with van der Waals surface area (Å²) in [5.74, 6) is 0. The van der Waals surface area contributed by atoms with Crippen molar-refractivity contribution in [2.75, 3.05) is 0 Å². The molecule has 2 aromatic heterocycles. The second-order valence-electron chi connectivity index (χ2n) is 6.90. The zero-order chi connectivity index (χ0) is 13.6. The number of hydrogen-bond donors (Lipinski definition) is 0. The van der Waals surface area contributed by atoms with E-state index in [1.807, 2.05) is 22.7 Å². The lowest BCUT2D eigenvalue weighted by Crippen LogP contribution is -2.09. The van der Waals surface area contributed by atoms with Gasteiger partial charge in [-0.3, -0.25) is 0 Å². The lowest BCUT2D eigenvalue weighted by Gasteiger charge is -2.16. The molecule has 0 saturated heterocycles. The number of rotatable bonds is 1. The van der Waals surface area contributed by atoms with Crippen molar-refractivity contribution in [3.05, 3.63) is 34.0 Å². The van der Waals surface area contributed by atoms with Crippen molar-refractivity contribution in [1.82, 2.24) is 0 Å². The molecule has 0 amide bonds. The molecule has 2 heterocycles. The Hall–Kier alpha value is -0.600. The zero-order valence-corrected chi connectivity index (χ0v) is 13.8. The van der Waals surface area contributed by atoms with Crippen molar-refractivity contribution < 1.29 is 0 Å². The molecule has 0 aliphatic carbocycles. The largest absolute Gasteiger partial charge is 0.143 e. The minimum atomic E-state index is 0.249. The number of hydrogen-bond acceptors (Lipinski definition) is 2. The minimum Gasteiger partial charge on any atom is -0.143 e. The first kappa shape index (κ1) is 13.8. The second-order valence-corrected chi connectivity index (χ2v) is 8.72. The van der Waals surface area contributed by atoms with Gasteiger partial charge in [-0.25, -0.2) is 0 Å². The highest BCUT2D eigenvalue weighted by Gasteiger charge is 2.19. The third-order valence-electron chi connectivity index (χ3n) is 3.17. The fraction of sp³-hybridized carbons (Fsp3) is 0.500. The van der Waals surface area contributed by atoms with E-state index >= 15 is 0 Å². The molecule has 98 valence electrons. The molecule has 0 aliphatic rings. The lowest BCUT2D eigenvalue weighted by atomic mass is 9.88. The quantitative estimate of drug-likeness (QED) is 0.593. The zero-order valence-electron chi connectivity index (χ0n) is 12.1. The SMILES string of the molecule is CC(C)(C)c1csc(-c2cc(C(C)(C)C)cs2)c1. The summed E-state index contributed by atoms with van der Waals surface area (Å²) in [6.07, 6.45) is 0. The van der Waals surface area contributed by atoms with Crippen molar-refractivity contribution in [2.45, 2.75) is 52.4 Å². The van der Waals surface area contributed by atoms with Crippen LogP contribution in [0.5, 0.6) is 0 Å². The van der Waals surface area contributed by atoms with Crippen molar-refractivity contribution in [3.63, 3.8) is 0 Å². The van der Waals surface area contributed by atoms with Crippen LogP contribution in [0.2, 0.25) is 0 Å². The van der Waals surface area contributed by atoms with E-state index in [0.717, 1.165) is 0 Å². The first-order valence-corrected chi connectivity index (χ1v) is 8.12. The summed E-state index contributed by atoms with van der Waals surface area (Å²) < 4.78 is 0. The first-order chi connectivity index (χ1) is 8.18. The van der Waals surface area contributed by atoms with E-state index in [1.165, 1.54) is 20.9 Å². The van der Waals surface area contributed by atoms with Crippen molar-refractivity contribution in [1.29, 1.82) is 0 Å². The van der Waals surface area contributed by atoms with Gasteiger partial charge in [0.25, 0.3) is 0 Å². The van der Waals surface area contributed by atoms with E-state index < -0.39 is 0 Å². The molecule has 0 atom stereocenters. The van der Waals surface area contributed by atoms with Crippen LogP contribution in [0.4, 0.5) is 0 Å². The Morgan fingerprint density at radius 1 is 0.667 bits per heavy atom. The Kier molecular flexibility index (Phi) is 3.46. The van der Waals surface area contributed by atoms with Crippen molar-refractivity contribution >= 4 is 22.7 Å². The van der Waals surface area contributed by atoms with E-state index in [2.05, 4.69) is 64.4 Å². The molecule has 0 spiro atoms. The lowest BCUT2D eigenvalue weighted by molar-refractivity contribution is 0.592. The van der Waals surface area contributed by atoms with Crippen LogP contribution in [-0.4, -0.2) is 0 Å². The standard InChI is InChI=1S/C16H22S2/c1-15(2,3)11-7-13(17-9-11)14-8-12(10-18-14)16(4,5)6/h7-10H,1-6H3. The van der Waals surface area contributed by atoms with E-state index in [4.69, 9.17) is 0 Å². The fourth-order valence-electron chi connectivity index (χ4n) is 1.72. The van der Waals surface area contributed by atoms with Gasteiger partial charge in [0.05, 0.1) is 0 Å². The highest BCUT2D eigenvalue weighted by molar-refractivity contribution is 7.20. The molecule has 2 heteroatoms. The molecule has 0 nitrogen and oxygen atoms in total. The van der Waals surface area contributed by atoms with Crippen molar-refractivity contribution in [2.24, 2.45) is 0 Å². The number of thiophene rings is 2. The molecule has 0 unspecified atom stereocenters. The smallest absolute Gasteiger partial charge is 0.0445 e. The van der Waals surface area contributed by atoms with Gasteiger partial charge in [-0.15, -0.1) is 22.7 Å². The second kappa shape index (κ2) is 4.50. The van der Waals surface area contributed by atoms with Gasteiger partial charge in [-0.05, 0) is 44.8 Å². The fourth-order valence-corrected chi connectivity index (χ4v) is 4.10. The Labute approximate surface area is 119 Å². The Morgan fingerprint density at radius 2 is 1.00 bits per heavy atom. The van der Waals surface area contributed by atoms with E-state index in [0.29, 0.717) is 0 Å². The third kappa shape index (κ3) is 2.86. The average Bonchev–Trinajstić information content (AvgIpc) is 2.84. The van der Waals surface area contributed by atoms with Gasteiger partial charge in [-0.2, -0.15) is 0 Å². The van der Waals surface area contributed by atoms with Crippen LogP contribution in [0, 0.1) is 0 Å². The van der Waals surface area contributed by atoms with Crippen LogP contribution < -0.4 is 0 Å². The maximum atomic E-state index is 2.35. The van der Waals surface area contributed by atoms with Crippen LogP contribution in [0.25, 0.3) is 9.75 Å². The van der Waals surface area contributed by atoms with Gasteiger partial charge < -0.3 is 0 Å². The summed E-state index contributed by atoms with van der Waals surface area (Å²) in [6.45, 7) is 13.6. The van der Waals surface area contributed by atoms with Crippen LogP contribution in [-0.2, 0) is 10.8 Å². The van der Waals surface area contributed by atoms with Crippen LogP contribution in [0.1, 0.15) is 52.7 Å². The highest BCUT2D eigenvalue weighted by atomic mass is 32.1. The topological polar surface area (TPSA) is 0 Å². The summed E-state index contributed by atoms with van der Waals surface area (Å²) in [5, 5.41) is 4.59. The molecule has 0 bridgehead atoms. The van der Waals surface area contributed by atoms with Crippen LogP contribution in [0.3, 0.4) is 0 Å². The summed E-state index contributed by atoms with van der Waals surface area (Å²) in [7, 11) is 0. The Morgan fingerprint density at radius 3 is 1.22 bits per heavy atom. The molecular weight excluding hydrogens is 256 g/mol. The van der Waals surface area contributed by atoms with Gasteiger partial charge >= 0.3 is 0 Å². The molecule has 0 saturated carbocycles. The summed E-state index contributed by atoms with van der Waals surface area (Å²) in [6, 6.07) is 4.70. The normalized spacial score (nSPS) is 13.0. The molecule has 2 rings (SSSR count). The van der Waals surface area contributed by atoms with Crippen LogP contribution in [0.15, 0.2) is 22.9 Å². The molecule has 0 N–H and O–H groups in total. The van der Waals surface area contributed by atoms with Crippen molar-refractivity contribution in [3.8, 4) is 9.75 Å². The van der Waals surface area contributed by atoms with Gasteiger partial charge in [0.15, 0.2) is 0 Å². The molecule has 2 aromatic rings. The van der Waals surface area contributed by atoms with Gasteiger partial charge in [0.1, 0.15) is 0 Å². The first-order valence-electron chi connectivity index (χ1n) is 6.36. The summed E-state index contributed by atoms with van der Waals surface area (Å²) in [4.78, 5) is 2.81. The molecule has 0 fully saturated rings. The Bertz CT molecular complexity index is 480. The Balaban J connectivity index is 2.33. The molecule has 18 heavy (non-hydrogen) atoms. The highest BCUT2D eigenvalue weighted by Crippen LogP contribution is 2.38. The molecule has 0 aliphatic heterocycles. The summed E-state index contributed by atoms with van der Waals surface area (Å²) in [5.41, 5.74) is 3.37. The minimum absolute atomic E-state index is 0.249. The van der Waals surface area contributed by atoms with E-state index in [9.17, 15) is 0 Å². The van der Waals surface area contributed by atoms with E-state index in [1.54, 1.807) is 0 Å². The van der Waals surface area contributed by atoms with Gasteiger partial charge in [0, 0.05) is 9.75 Å². The van der Waals surface area contributed by atoms with Crippen LogP contribution >= 0.6 is 22.7 Å². The van der Waals surface area contributed by atoms with E-state index in [-0.39, 0.29) is 10.8 Å². The molecular formula is C16H22S2. The van der Waals surface area contributed by atoms with Gasteiger partial charge in [0.2, 0.25) is 0 Å². The molecule has 0 radical (unpaired) electrons. The average molecular weight is 278 g/mol. The van der Waals surface area contributed by atoms with Gasteiger partial charge in [-0.1, -0.05) is 41.5 Å². The predicted octanol–water partition coefficient (Wildman–Crippen LogP) is 6.07. The monoisotopic (exact) mass is 278 g/mol. The predicted molar refractivity (Wildman–Crippen MR) is 85.0 cm³/mol. The summed E-state index contributed by atoms with van der Waals surface area (Å²) >= 11 is 3.73. The maximum Gasteiger partial charge on any atom is 0.0445 e. The maximum absolute atomic E-state index is 2.35. The molecule has 0 aromatic carbocycles.